The van der Waals surface area contributed by atoms with E-state index in [9.17, 15) is 14.7 Å². The Morgan fingerprint density at radius 3 is 2.97 bits per heavy atom. The summed E-state index contributed by atoms with van der Waals surface area (Å²) in [5, 5.41) is 20.1. The highest BCUT2D eigenvalue weighted by Gasteiger charge is 2.34. The number of amides is 2. The number of carboxylic acid groups (broad SMARTS) is 1. The molecule has 29 heavy (non-hydrogen) atoms. The van der Waals surface area contributed by atoms with Crippen molar-refractivity contribution in [1.82, 2.24) is 25.1 Å². The maximum atomic E-state index is 12.4. The van der Waals surface area contributed by atoms with Crippen LogP contribution in [-0.4, -0.2) is 54.8 Å². The van der Waals surface area contributed by atoms with Crippen molar-refractivity contribution < 1.29 is 14.7 Å². The fraction of sp³-hybridized carbons (Fsp3) is 0.278. The first-order valence-corrected chi connectivity index (χ1v) is 10.8. The molecular weight excluding hydrogens is 412 g/mol. The molecule has 3 heterocycles. The zero-order chi connectivity index (χ0) is 20.2. The molecule has 3 N–H and O–H groups in total. The van der Waals surface area contributed by atoms with E-state index in [1.807, 2.05) is 30.3 Å². The number of likely N-dealkylation sites (tertiary alicyclic amines) is 1. The van der Waals surface area contributed by atoms with Gasteiger partial charge in [0.25, 0.3) is 0 Å². The van der Waals surface area contributed by atoms with E-state index in [0.29, 0.717) is 41.3 Å². The first-order valence-electron chi connectivity index (χ1n) is 8.96. The lowest BCUT2D eigenvalue weighted by Crippen LogP contribution is -2.42. The molecule has 150 valence electrons. The van der Waals surface area contributed by atoms with Gasteiger partial charge in [0.15, 0.2) is 11.0 Å². The number of benzene rings is 1. The van der Waals surface area contributed by atoms with Crippen LogP contribution >= 0.6 is 23.1 Å². The molecule has 9 nitrogen and oxygen atoms in total. The summed E-state index contributed by atoms with van der Waals surface area (Å²) in [7, 11) is 0. The molecule has 0 bridgehead atoms. The summed E-state index contributed by atoms with van der Waals surface area (Å²) in [5.74, 6) is 0.995. The van der Waals surface area contributed by atoms with Gasteiger partial charge in [0, 0.05) is 28.9 Å². The van der Waals surface area contributed by atoms with Crippen molar-refractivity contribution >= 4 is 40.2 Å². The summed E-state index contributed by atoms with van der Waals surface area (Å²) in [4.78, 5) is 34.4. The van der Waals surface area contributed by atoms with Gasteiger partial charge in [-0.1, -0.05) is 42.1 Å². The number of nitrogens with zero attached hydrogens (tertiary/aromatic N) is 4. The quantitative estimate of drug-likeness (QED) is 0.513. The zero-order valence-corrected chi connectivity index (χ0v) is 16.9. The predicted molar refractivity (Wildman–Crippen MR) is 110 cm³/mol. The van der Waals surface area contributed by atoms with Gasteiger partial charge in [-0.05, 0) is 12.8 Å². The number of hydrogen-bond donors (Lipinski definition) is 3. The topological polar surface area (TPSA) is 124 Å². The van der Waals surface area contributed by atoms with E-state index in [1.165, 1.54) is 28.0 Å². The molecule has 4 rings (SSSR count). The highest BCUT2D eigenvalue weighted by molar-refractivity contribution is 7.98. The van der Waals surface area contributed by atoms with E-state index in [-0.39, 0.29) is 5.91 Å². The molecule has 1 aromatic carbocycles. The third-order valence-electron chi connectivity index (χ3n) is 4.44. The van der Waals surface area contributed by atoms with Crippen LogP contribution in [0.2, 0.25) is 0 Å². The highest BCUT2D eigenvalue weighted by atomic mass is 32.2. The number of aromatic nitrogens is 4. The Morgan fingerprint density at radius 1 is 1.34 bits per heavy atom. The van der Waals surface area contributed by atoms with Gasteiger partial charge in [-0.15, -0.1) is 16.4 Å². The van der Waals surface area contributed by atoms with Crippen LogP contribution < -0.4 is 5.32 Å². The van der Waals surface area contributed by atoms with Crippen molar-refractivity contribution in [2.24, 2.45) is 0 Å². The van der Waals surface area contributed by atoms with Crippen LogP contribution in [0, 0.1) is 0 Å². The third-order valence-corrected chi connectivity index (χ3v) is 6.43. The number of H-pyrrole nitrogens is 1. The van der Waals surface area contributed by atoms with E-state index >= 15 is 0 Å². The molecule has 2 aromatic heterocycles. The van der Waals surface area contributed by atoms with Gasteiger partial charge in [0.05, 0.1) is 0 Å². The van der Waals surface area contributed by atoms with Crippen LogP contribution in [0.3, 0.4) is 0 Å². The summed E-state index contributed by atoms with van der Waals surface area (Å²) in [6, 6.07) is 9.10. The van der Waals surface area contributed by atoms with Crippen LogP contribution in [0.4, 0.5) is 9.93 Å². The molecule has 0 saturated carbocycles. The number of anilines is 1. The second-order valence-corrected chi connectivity index (χ2v) is 8.43. The average Bonchev–Trinajstić information content (AvgIpc) is 3.47. The van der Waals surface area contributed by atoms with Crippen LogP contribution in [0.5, 0.6) is 0 Å². The molecule has 1 aliphatic rings. The Labute approximate surface area is 174 Å². The van der Waals surface area contributed by atoms with E-state index in [0.717, 1.165) is 10.4 Å². The molecule has 1 aliphatic heterocycles. The van der Waals surface area contributed by atoms with Crippen molar-refractivity contribution in [2.45, 2.75) is 29.8 Å². The Morgan fingerprint density at radius 2 is 2.17 bits per heavy atom. The normalized spacial score (nSPS) is 16.1. The molecule has 11 heteroatoms. The van der Waals surface area contributed by atoms with Crippen LogP contribution in [0.15, 0.2) is 41.7 Å². The minimum Gasteiger partial charge on any atom is -0.465 e. The second-order valence-electron chi connectivity index (χ2n) is 6.38. The van der Waals surface area contributed by atoms with Gasteiger partial charge in [0.1, 0.15) is 6.04 Å². The van der Waals surface area contributed by atoms with Gasteiger partial charge in [-0.3, -0.25) is 14.8 Å². The Balaban J connectivity index is 1.32. The minimum atomic E-state index is -1.07. The summed E-state index contributed by atoms with van der Waals surface area (Å²) >= 11 is 2.83. The van der Waals surface area contributed by atoms with E-state index in [2.05, 4.69) is 25.5 Å². The van der Waals surface area contributed by atoms with Gasteiger partial charge in [0.2, 0.25) is 11.1 Å². The molecule has 1 unspecified atom stereocenters. The lowest BCUT2D eigenvalue weighted by molar-refractivity contribution is -0.119. The lowest BCUT2D eigenvalue weighted by atomic mass is 10.2. The van der Waals surface area contributed by atoms with Crippen molar-refractivity contribution in [3.05, 3.63) is 41.4 Å². The average molecular weight is 431 g/mol. The fourth-order valence-corrected chi connectivity index (χ4v) is 4.70. The Hall–Kier alpha value is -2.92. The number of nitrogens with one attached hydrogen (secondary N) is 2. The molecule has 1 saturated heterocycles. The van der Waals surface area contributed by atoms with Gasteiger partial charge in [-0.25, -0.2) is 14.8 Å². The number of rotatable bonds is 6. The van der Waals surface area contributed by atoms with Crippen LogP contribution in [-0.2, 0) is 10.5 Å². The Bertz CT molecular complexity index is 1010. The largest absolute Gasteiger partial charge is 0.465 e. The maximum absolute atomic E-state index is 12.4. The number of thiazole rings is 1. The van der Waals surface area contributed by atoms with Gasteiger partial charge < -0.3 is 10.4 Å². The first kappa shape index (κ1) is 19.4. The summed E-state index contributed by atoms with van der Waals surface area (Å²) < 4.78 is 0. The number of hydrogen-bond acceptors (Lipinski definition) is 7. The number of carbonyl (C=O) groups excluding carboxylic acids is 1. The molecule has 2 amide bonds. The van der Waals surface area contributed by atoms with Crippen LogP contribution in [0.1, 0.15) is 17.7 Å². The molecule has 3 aromatic rings. The molecule has 0 spiro atoms. The number of aromatic amines is 1. The maximum Gasteiger partial charge on any atom is 0.407 e. The smallest absolute Gasteiger partial charge is 0.407 e. The SMILES string of the molecule is O=C(Nc1ncc(CSc2n[nH]c(-c3ccccc3)n2)s1)C1CCCN1C(=O)O. The summed E-state index contributed by atoms with van der Waals surface area (Å²) in [6.45, 7) is 0.384. The highest BCUT2D eigenvalue weighted by Crippen LogP contribution is 2.27. The third kappa shape index (κ3) is 4.57. The van der Waals surface area contributed by atoms with Crippen molar-refractivity contribution in [3.63, 3.8) is 0 Å². The van der Waals surface area contributed by atoms with Gasteiger partial charge in [-0.2, -0.15) is 0 Å². The zero-order valence-electron chi connectivity index (χ0n) is 15.2. The molecule has 0 radical (unpaired) electrons. The minimum absolute atomic E-state index is 0.333. The monoisotopic (exact) mass is 430 g/mol. The lowest BCUT2D eigenvalue weighted by Gasteiger charge is -2.19. The second kappa shape index (κ2) is 8.62. The van der Waals surface area contributed by atoms with E-state index < -0.39 is 12.1 Å². The van der Waals surface area contributed by atoms with Crippen LogP contribution in [0.25, 0.3) is 11.4 Å². The fourth-order valence-electron chi connectivity index (χ4n) is 3.06. The standard InChI is InChI=1S/C18H18N6O3S2/c25-15(13-7-4-8-24(13)18(26)27)21-16-19-9-12(29-16)10-28-17-20-14(22-23-17)11-5-2-1-3-6-11/h1-3,5-6,9,13H,4,7-8,10H2,(H,26,27)(H,19,21,25)(H,20,22,23). The summed E-state index contributed by atoms with van der Waals surface area (Å²) in [5.41, 5.74) is 0.969. The van der Waals surface area contributed by atoms with Crippen molar-refractivity contribution in [3.8, 4) is 11.4 Å². The van der Waals surface area contributed by atoms with Gasteiger partial charge >= 0.3 is 6.09 Å². The van der Waals surface area contributed by atoms with E-state index in [4.69, 9.17) is 0 Å². The summed E-state index contributed by atoms with van der Waals surface area (Å²) in [6.07, 6.45) is 1.84. The molecular formula is C18H18N6O3S2. The van der Waals surface area contributed by atoms with Crippen molar-refractivity contribution in [2.75, 3.05) is 11.9 Å². The van der Waals surface area contributed by atoms with Crippen molar-refractivity contribution in [1.29, 1.82) is 0 Å². The number of thioether (sulfide) groups is 1. The first-order chi connectivity index (χ1) is 14.1. The van der Waals surface area contributed by atoms with E-state index in [1.54, 1.807) is 6.20 Å². The predicted octanol–water partition coefficient (Wildman–Crippen LogP) is 3.30. The molecule has 1 atom stereocenters. The Kier molecular flexibility index (Phi) is 5.76. The molecule has 1 fully saturated rings. The number of carbonyl (C=O) groups is 2. The molecule has 0 aliphatic carbocycles.